The fourth-order valence-corrected chi connectivity index (χ4v) is 3.83. The second-order valence-electron chi connectivity index (χ2n) is 5.84. The van der Waals surface area contributed by atoms with Gasteiger partial charge in [0.25, 0.3) is 0 Å². The van der Waals surface area contributed by atoms with Gasteiger partial charge in [0.2, 0.25) is 0 Å². The molecule has 0 bridgehead atoms. The number of hydrogen-bond acceptors (Lipinski definition) is 4. The predicted molar refractivity (Wildman–Crippen MR) is 92.5 cm³/mol. The molecular weight excluding hydrogens is 292 g/mol. The van der Waals surface area contributed by atoms with Gasteiger partial charge >= 0.3 is 0 Å². The zero-order valence-electron chi connectivity index (χ0n) is 12.5. The van der Waals surface area contributed by atoms with Gasteiger partial charge in [-0.25, -0.2) is 4.98 Å². The normalized spacial score (nSPS) is 16.5. The van der Waals surface area contributed by atoms with Gasteiger partial charge in [0.1, 0.15) is 0 Å². The van der Waals surface area contributed by atoms with E-state index >= 15 is 0 Å². The average Bonchev–Trinajstić information content (AvgIpc) is 3.22. The Morgan fingerprint density at radius 1 is 1.27 bits per heavy atom. The van der Waals surface area contributed by atoms with Gasteiger partial charge in [0.05, 0.1) is 0 Å². The summed E-state index contributed by atoms with van der Waals surface area (Å²) in [6.07, 6.45) is 4.25. The summed E-state index contributed by atoms with van der Waals surface area (Å²) in [5.41, 5.74) is 2.49. The number of aromatic amines is 1. The van der Waals surface area contributed by atoms with Crippen molar-refractivity contribution in [3.63, 3.8) is 0 Å². The molecule has 22 heavy (non-hydrogen) atoms. The van der Waals surface area contributed by atoms with Gasteiger partial charge in [0, 0.05) is 48.5 Å². The first-order valence-electron chi connectivity index (χ1n) is 7.83. The van der Waals surface area contributed by atoms with Crippen LogP contribution in [0.5, 0.6) is 0 Å². The maximum Gasteiger partial charge on any atom is 0.185 e. The van der Waals surface area contributed by atoms with Crippen molar-refractivity contribution in [2.75, 3.05) is 18.0 Å². The van der Waals surface area contributed by atoms with E-state index < -0.39 is 0 Å². The van der Waals surface area contributed by atoms with E-state index in [2.05, 4.69) is 55.9 Å². The molecule has 0 spiro atoms. The fourth-order valence-electron chi connectivity index (χ4n) is 3.13. The van der Waals surface area contributed by atoms with E-state index in [0.29, 0.717) is 6.04 Å². The van der Waals surface area contributed by atoms with Crippen molar-refractivity contribution < 1.29 is 0 Å². The van der Waals surface area contributed by atoms with Gasteiger partial charge in [-0.1, -0.05) is 18.2 Å². The Morgan fingerprint density at radius 3 is 2.91 bits per heavy atom. The summed E-state index contributed by atoms with van der Waals surface area (Å²) < 4.78 is 0. The molecule has 2 aromatic heterocycles. The van der Waals surface area contributed by atoms with E-state index in [4.69, 9.17) is 0 Å². The molecule has 114 valence electrons. The zero-order chi connectivity index (χ0) is 14.8. The molecule has 3 heterocycles. The van der Waals surface area contributed by atoms with Gasteiger partial charge in [0.15, 0.2) is 5.13 Å². The maximum absolute atomic E-state index is 4.40. The molecule has 0 saturated carbocycles. The van der Waals surface area contributed by atoms with Crippen molar-refractivity contribution in [2.24, 2.45) is 0 Å². The number of anilines is 1. The first kappa shape index (κ1) is 13.8. The fraction of sp³-hybridized carbons (Fsp3) is 0.353. The molecule has 1 aliphatic heterocycles. The molecule has 3 aromatic rings. The van der Waals surface area contributed by atoms with Crippen LogP contribution in [0.3, 0.4) is 0 Å². The highest BCUT2D eigenvalue weighted by Gasteiger charge is 2.20. The molecule has 0 atom stereocenters. The second-order valence-corrected chi connectivity index (χ2v) is 6.71. The number of benzene rings is 1. The Balaban J connectivity index is 1.31. The summed E-state index contributed by atoms with van der Waals surface area (Å²) in [6.45, 7) is 3.10. The summed E-state index contributed by atoms with van der Waals surface area (Å²) in [7, 11) is 0. The number of rotatable bonds is 4. The van der Waals surface area contributed by atoms with E-state index in [1.807, 2.05) is 6.20 Å². The molecule has 0 amide bonds. The Bertz CT molecular complexity index is 693. The molecule has 0 unspecified atom stereocenters. The summed E-state index contributed by atoms with van der Waals surface area (Å²) in [5, 5.41) is 8.19. The Hall–Kier alpha value is -1.85. The lowest BCUT2D eigenvalue weighted by Crippen LogP contribution is -2.42. The molecule has 1 aromatic carbocycles. The topological polar surface area (TPSA) is 44.0 Å². The first-order valence-corrected chi connectivity index (χ1v) is 8.71. The molecule has 1 saturated heterocycles. The molecule has 0 aliphatic carbocycles. The maximum atomic E-state index is 4.40. The van der Waals surface area contributed by atoms with Gasteiger partial charge < -0.3 is 15.2 Å². The number of fused-ring (bicyclic) bond motifs is 1. The molecule has 1 fully saturated rings. The largest absolute Gasteiger partial charge is 0.357 e. The van der Waals surface area contributed by atoms with Gasteiger partial charge in [-0.05, 0) is 30.4 Å². The van der Waals surface area contributed by atoms with E-state index in [9.17, 15) is 0 Å². The molecule has 4 nitrogen and oxygen atoms in total. The molecule has 4 rings (SSSR count). The van der Waals surface area contributed by atoms with Crippen molar-refractivity contribution in [1.82, 2.24) is 15.3 Å². The number of aromatic nitrogens is 2. The molecule has 1 aliphatic rings. The summed E-state index contributed by atoms with van der Waals surface area (Å²) in [4.78, 5) is 10.3. The monoisotopic (exact) mass is 312 g/mol. The van der Waals surface area contributed by atoms with Gasteiger partial charge in [-0.3, -0.25) is 0 Å². The van der Waals surface area contributed by atoms with Crippen molar-refractivity contribution in [2.45, 2.75) is 25.4 Å². The minimum absolute atomic E-state index is 0.600. The van der Waals surface area contributed by atoms with Crippen LogP contribution < -0.4 is 10.2 Å². The van der Waals surface area contributed by atoms with Crippen molar-refractivity contribution in [1.29, 1.82) is 0 Å². The summed E-state index contributed by atoms with van der Waals surface area (Å²) >= 11 is 1.73. The molecular formula is C17H20N4S. The molecule has 5 heteroatoms. The highest BCUT2D eigenvalue weighted by atomic mass is 32.1. The number of thiazole rings is 1. The third-order valence-electron chi connectivity index (χ3n) is 4.35. The third-order valence-corrected chi connectivity index (χ3v) is 5.18. The van der Waals surface area contributed by atoms with Crippen molar-refractivity contribution in [3.05, 3.63) is 47.6 Å². The van der Waals surface area contributed by atoms with E-state index in [-0.39, 0.29) is 0 Å². The van der Waals surface area contributed by atoms with Crippen LogP contribution in [0.2, 0.25) is 0 Å². The lowest BCUT2D eigenvalue weighted by Gasteiger charge is -2.32. The Labute approximate surface area is 134 Å². The zero-order valence-corrected chi connectivity index (χ0v) is 13.3. The van der Waals surface area contributed by atoms with Crippen LogP contribution in [0.1, 0.15) is 18.5 Å². The van der Waals surface area contributed by atoms with Crippen LogP contribution in [0.15, 0.2) is 41.9 Å². The lowest BCUT2D eigenvalue weighted by atomic mass is 10.1. The van der Waals surface area contributed by atoms with Crippen LogP contribution in [-0.2, 0) is 6.54 Å². The number of H-pyrrole nitrogens is 1. The summed E-state index contributed by atoms with van der Waals surface area (Å²) in [6, 6.07) is 11.3. The second kappa shape index (κ2) is 6.10. The van der Waals surface area contributed by atoms with E-state index in [1.54, 1.807) is 11.3 Å². The van der Waals surface area contributed by atoms with Crippen LogP contribution in [0, 0.1) is 0 Å². The van der Waals surface area contributed by atoms with Gasteiger partial charge in [-0.2, -0.15) is 0 Å². The predicted octanol–water partition coefficient (Wildman–Crippen LogP) is 3.38. The summed E-state index contributed by atoms with van der Waals surface area (Å²) in [5.74, 6) is 0. The van der Waals surface area contributed by atoms with Crippen LogP contribution >= 0.6 is 11.3 Å². The van der Waals surface area contributed by atoms with E-state index in [0.717, 1.165) is 24.8 Å². The Morgan fingerprint density at radius 2 is 2.14 bits per heavy atom. The number of piperidine rings is 1. The lowest BCUT2D eigenvalue weighted by molar-refractivity contribution is 0.412. The van der Waals surface area contributed by atoms with Crippen molar-refractivity contribution >= 4 is 27.4 Å². The SMILES string of the molecule is c1ccc2[nH]c(CNC3CCN(c4nccs4)CC3)cc2c1. The Kier molecular flexibility index (Phi) is 3.83. The van der Waals surface area contributed by atoms with Gasteiger partial charge in [-0.15, -0.1) is 11.3 Å². The number of hydrogen-bond donors (Lipinski definition) is 2. The van der Waals surface area contributed by atoms with Crippen molar-refractivity contribution in [3.8, 4) is 0 Å². The standard InChI is InChI=1S/C17H20N4S/c1-2-4-16-13(3-1)11-15(20-16)12-19-14-5-8-21(9-6-14)17-18-7-10-22-17/h1-4,7,10-11,14,19-20H,5-6,8-9,12H2. The highest BCUT2D eigenvalue weighted by Crippen LogP contribution is 2.22. The first-order chi connectivity index (χ1) is 10.9. The van der Waals surface area contributed by atoms with Crippen LogP contribution in [-0.4, -0.2) is 29.1 Å². The minimum Gasteiger partial charge on any atom is -0.357 e. The quantitative estimate of drug-likeness (QED) is 0.776. The minimum atomic E-state index is 0.600. The number of nitrogens with zero attached hydrogens (tertiary/aromatic N) is 2. The van der Waals surface area contributed by atoms with Crippen LogP contribution in [0.4, 0.5) is 5.13 Å². The molecule has 0 radical (unpaired) electrons. The smallest absolute Gasteiger partial charge is 0.185 e. The van der Waals surface area contributed by atoms with E-state index in [1.165, 1.54) is 29.4 Å². The average molecular weight is 312 g/mol. The third kappa shape index (κ3) is 2.87. The molecule has 2 N–H and O–H groups in total. The van der Waals surface area contributed by atoms with Crippen LogP contribution in [0.25, 0.3) is 10.9 Å². The highest BCUT2D eigenvalue weighted by molar-refractivity contribution is 7.13. The number of para-hydroxylation sites is 1. The number of nitrogens with one attached hydrogen (secondary N) is 2.